The molecule has 5 heteroatoms. The maximum absolute atomic E-state index is 6.13. The molecule has 0 spiro atoms. The SMILES string of the molecule is CC1CN(C)CCC1n1c(CCl)nc2cc(Br)ccc21. The van der Waals surface area contributed by atoms with Crippen molar-refractivity contribution in [2.45, 2.75) is 25.3 Å². The van der Waals surface area contributed by atoms with E-state index < -0.39 is 0 Å². The Labute approximate surface area is 133 Å². The van der Waals surface area contributed by atoms with E-state index in [1.165, 1.54) is 5.52 Å². The van der Waals surface area contributed by atoms with Crippen LogP contribution in [0.15, 0.2) is 22.7 Å². The van der Waals surface area contributed by atoms with Gasteiger partial charge in [-0.1, -0.05) is 22.9 Å². The van der Waals surface area contributed by atoms with Crippen LogP contribution in [0, 0.1) is 5.92 Å². The van der Waals surface area contributed by atoms with Crippen LogP contribution in [-0.4, -0.2) is 34.6 Å². The Morgan fingerprint density at radius 3 is 2.95 bits per heavy atom. The monoisotopic (exact) mass is 355 g/mol. The van der Waals surface area contributed by atoms with Gasteiger partial charge in [-0.2, -0.15) is 0 Å². The number of halogens is 2. The fourth-order valence-electron chi connectivity index (χ4n) is 3.31. The number of rotatable bonds is 2. The minimum absolute atomic E-state index is 0.464. The lowest BCUT2D eigenvalue weighted by molar-refractivity contribution is 0.160. The van der Waals surface area contributed by atoms with Crippen LogP contribution in [-0.2, 0) is 5.88 Å². The van der Waals surface area contributed by atoms with Crippen molar-refractivity contribution in [3.05, 3.63) is 28.5 Å². The van der Waals surface area contributed by atoms with E-state index >= 15 is 0 Å². The Morgan fingerprint density at radius 2 is 2.25 bits per heavy atom. The highest BCUT2D eigenvalue weighted by Gasteiger charge is 2.28. The van der Waals surface area contributed by atoms with Crippen molar-refractivity contribution in [1.82, 2.24) is 14.5 Å². The summed E-state index contributed by atoms with van der Waals surface area (Å²) in [6, 6.07) is 6.79. The molecule has 0 amide bonds. The molecule has 0 bridgehead atoms. The molecule has 1 fully saturated rings. The summed E-state index contributed by atoms with van der Waals surface area (Å²) in [4.78, 5) is 7.11. The van der Waals surface area contributed by atoms with Crippen LogP contribution in [0.2, 0.25) is 0 Å². The van der Waals surface area contributed by atoms with Gasteiger partial charge in [-0.25, -0.2) is 4.98 Å². The second kappa shape index (κ2) is 5.66. The summed E-state index contributed by atoms with van der Waals surface area (Å²) in [6.45, 7) is 4.58. The van der Waals surface area contributed by atoms with E-state index in [1.807, 2.05) is 0 Å². The van der Waals surface area contributed by atoms with Crippen LogP contribution in [0.1, 0.15) is 25.2 Å². The maximum Gasteiger partial charge on any atom is 0.125 e. The van der Waals surface area contributed by atoms with E-state index in [1.54, 1.807) is 0 Å². The molecule has 20 heavy (non-hydrogen) atoms. The molecule has 0 saturated carbocycles. The van der Waals surface area contributed by atoms with Crippen molar-refractivity contribution >= 4 is 38.6 Å². The Hall–Kier alpha value is -0.580. The van der Waals surface area contributed by atoms with E-state index in [0.29, 0.717) is 17.8 Å². The van der Waals surface area contributed by atoms with Gasteiger partial charge in [0.15, 0.2) is 0 Å². The van der Waals surface area contributed by atoms with Crippen molar-refractivity contribution in [1.29, 1.82) is 0 Å². The van der Waals surface area contributed by atoms with Gasteiger partial charge in [0.1, 0.15) is 5.82 Å². The van der Waals surface area contributed by atoms with E-state index in [0.717, 1.165) is 35.3 Å². The summed E-state index contributed by atoms with van der Waals surface area (Å²) < 4.78 is 3.43. The van der Waals surface area contributed by atoms with E-state index in [-0.39, 0.29) is 0 Å². The topological polar surface area (TPSA) is 21.1 Å². The molecular formula is C15H19BrClN3. The zero-order chi connectivity index (χ0) is 14.3. The highest BCUT2D eigenvalue weighted by molar-refractivity contribution is 9.10. The predicted molar refractivity (Wildman–Crippen MR) is 87.3 cm³/mol. The lowest BCUT2D eigenvalue weighted by atomic mass is 9.93. The number of imidazole rings is 1. The Balaban J connectivity index is 2.09. The second-order valence-electron chi connectivity index (χ2n) is 5.76. The normalized spacial score (nSPS) is 24.4. The maximum atomic E-state index is 6.13. The summed E-state index contributed by atoms with van der Waals surface area (Å²) in [5, 5.41) is 0. The molecule has 2 unspecified atom stereocenters. The third-order valence-electron chi connectivity index (χ3n) is 4.24. The first-order valence-electron chi connectivity index (χ1n) is 7.01. The molecule has 1 aliphatic rings. The number of likely N-dealkylation sites (tertiary alicyclic amines) is 1. The van der Waals surface area contributed by atoms with Crippen LogP contribution in [0.5, 0.6) is 0 Å². The Kier molecular flexibility index (Phi) is 4.07. The van der Waals surface area contributed by atoms with Crippen molar-refractivity contribution in [2.75, 3.05) is 20.1 Å². The van der Waals surface area contributed by atoms with E-state index in [9.17, 15) is 0 Å². The van der Waals surface area contributed by atoms with Crippen LogP contribution in [0.25, 0.3) is 11.0 Å². The number of fused-ring (bicyclic) bond motifs is 1. The molecular weight excluding hydrogens is 338 g/mol. The number of hydrogen-bond donors (Lipinski definition) is 0. The lowest BCUT2D eigenvalue weighted by Gasteiger charge is -2.36. The highest BCUT2D eigenvalue weighted by atomic mass is 79.9. The number of piperidine rings is 1. The second-order valence-corrected chi connectivity index (χ2v) is 6.94. The summed E-state index contributed by atoms with van der Waals surface area (Å²) in [6.07, 6.45) is 1.16. The number of nitrogens with zero attached hydrogens (tertiary/aromatic N) is 3. The van der Waals surface area contributed by atoms with Crippen molar-refractivity contribution in [3.8, 4) is 0 Å². The average molecular weight is 357 g/mol. The largest absolute Gasteiger partial charge is 0.323 e. The van der Waals surface area contributed by atoms with Gasteiger partial charge < -0.3 is 9.47 Å². The van der Waals surface area contributed by atoms with Crippen molar-refractivity contribution in [2.24, 2.45) is 5.92 Å². The quantitative estimate of drug-likeness (QED) is 0.757. The summed E-state index contributed by atoms with van der Waals surface area (Å²) >= 11 is 9.65. The standard InChI is InChI=1S/C15H19BrClN3/c1-10-9-19(2)6-5-13(10)20-14-4-3-11(16)7-12(14)18-15(20)8-17/h3-4,7,10,13H,5-6,8-9H2,1-2H3. The molecule has 2 heterocycles. The van der Waals surface area contributed by atoms with Gasteiger partial charge in [0.2, 0.25) is 0 Å². The molecule has 0 radical (unpaired) electrons. The molecule has 2 atom stereocenters. The third-order valence-corrected chi connectivity index (χ3v) is 4.97. The first-order chi connectivity index (χ1) is 9.60. The highest BCUT2D eigenvalue weighted by Crippen LogP contribution is 2.33. The van der Waals surface area contributed by atoms with Gasteiger partial charge in [0.25, 0.3) is 0 Å². The number of hydrogen-bond acceptors (Lipinski definition) is 2. The van der Waals surface area contributed by atoms with Gasteiger partial charge in [0, 0.05) is 17.1 Å². The Morgan fingerprint density at radius 1 is 1.45 bits per heavy atom. The molecule has 3 nitrogen and oxygen atoms in total. The van der Waals surface area contributed by atoms with Gasteiger partial charge in [-0.05, 0) is 44.1 Å². The van der Waals surface area contributed by atoms with Crippen LogP contribution in [0.3, 0.4) is 0 Å². The number of benzene rings is 1. The fraction of sp³-hybridized carbons (Fsp3) is 0.533. The van der Waals surface area contributed by atoms with Crippen molar-refractivity contribution in [3.63, 3.8) is 0 Å². The van der Waals surface area contributed by atoms with Crippen LogP contribution >= 0.6 is 27.5 Å². The predicted octanol–water partition coefficient (Wildman–Crippen LogP) is 4.05. The van der Waals surface area contributed by atoms with E-state index in [4.69, 9.17) is 16.6 Å². The molecule has 1 aromatic heterocycles. The van der Waals surface area contributed by atoms with Crippen molar-refractivity contribution < 1.29 is 0 Å². The van der Waals surface area contributed by atoms with Crippen LogP contribution < -0.4 is 0 Å². The first-order valence-corrected chi connectivity index (χ1v) is 8.33. The van der Waals surface area contributed by atoms with Gasteiger partial charge in [-0.15, -0.1) is 11.6 Å². The van der Waals surface area contributed by atoms with Crippen LogP contribution in [0.4, 0.5) is 0 Å². The Bertz CT molecular complexity index is 625. The van der Waals surface area contributed by atoms with Gasteiger partial charge >= 0.3 is 0 Å². The van der Waals surface area contributed by atoms with E-state index in [2.05, 4.69) is 57.6 Å². The van der Waals surface area contributed by atoms with Gasteiger partial charge in [-0.3, -0.25) is 0 Å². The minimum Gasteiger partial charge on any atom is -0.323 e. The average Bonchev–Trinajstić information content (AvgIpc) is 2.76. The molecule has 1 aromatic carbocycles. The zero-order valence-corrected chi connectivity index (χ0v) is 14.2. The molecule has 108 valence electrons. The molecule has 3 rings (SSSR count). The van der Waals surface area contributed by atoms with Gasteiger partial charge in [0.05, 0.1) is 16.9 Å². The minimum atomic E-state index is 0.464. The zero-order valence-electron chi connectivity index (χ0n) is 11.8. The molecule has 1 aliphatic heterocycles. The molecule has 2 aromatic rings. The number of alkyl halides is 1. The lowest BCUT2D eigenvalue weighted by Crippen LogP contribution is -2.38. The summed E-state index contributed by atoms with van der Waals surface area (Å²) in [7, 11) is 2.19. The summed E-state index contributed by atoms with van der Waals surface area (Å²) in [5.41, 5.74) is 2.23. The number of aromatic nitrogens is 2. The molecule has 0 N–H and O–H groups in total. The fourth-order valence-corrected chi connectivity index (χ4v) is 3.85. The smallest absolute Gasteiger partial charge is 0.125 e. The third kappa shape index (κ3) is 2.49. The summed E-state index contributed by atoms with van der Waals surface area (Å²) in [5.74, 6) is 2.06. The first kappa shape index (κ1) is 14.4. The molecule has 1 saturated heterocycles. The molecule has 0 aliphatic carbocycles.